The van der Waals surface area contributed by atoms with E-state index < -0.39 is 0 Å². The van der Waals surface area contributed by atoms with Crippen LogP contribution in [0.2, 0.25) is 0 Å². The number of carbonyl (C=O) groups excluding carboxylic acids is 1. The Morgan fingerprint density at radius 1 is 1.30 bits per heavy atom. The van der Waals surface area contributed by atoms with Crippen LogP contribution in [0, 0.1) is 0 Å². The van der Waals surface area contributed by atoms with E-state index >= 15 is 0 Å². The first-order valence-electron chi connectivity index (χ1n) is 8.13. The van der Waals surface area contributed by atoms with Gasteiger partial charge in [0, 0.05) is 18.0 Å². The average Bonchev–Trinajstić information content (AvgIpc) is 2.49. The number of hydrogen-bond donors (Lipinski definition) is 1. The summed E-state index contributed by atoms with van der Waals surface area (Å²) in [5.74, 6) is 0.333. The van der Waals surface area contributed by atoms with Gasteiger partial charge in [-0.2, -0.15) is 0 Å². The molecule has 0 radical (unpaired) electrons. The van der Waals surface area contributed by atoms with Crippen molar-refractivity contribution in [3.05, 3.63) is 34.9 Å². The van der Waals surface area contributed by atoms with Crippen molar-refractivity contribution in [3.8, 4) is 0 Å². The van der Waals surface area contributed by atoms with Crippen molar-refractivity contribution in [1.29, 1.82) is 0 Å². The van der Waals surface area contributed by atoms with E-state index in [-0.39, 0.29) is 0 Å². The molecule has 0 heterocycles. The molecule has 2 rings (SSSR count). The summed E-state index contributed by atoms with van der Waals surface area (Å²) in [4.78, 5) is 12.4. The predicted molar refractivity (Wildman–Crippen MR) is 84.4 cm³/mol. The Labute approximate surface area is 123 Å². The number of benzene rings is 1. The molecule has 0 saturated heterocycles. The van der Waals surface area contributed by atoms with Crippen molar-refractivity contribution in [2.45, 2.75) is 64.8 Å². The molecule has 1 unspecified atom stereocenters. The van der Waals surface area contributed by atoms with Crippen molar-refractivity contribution >= 4 is 5.78 Å². The minimum absolute atomic E-state index is 0.333. The molecule has 1 aromatic carbocycles. The van der Waals surface area contributed by atoms with Crippen LogP contribution in [0.4, 0.5) is 0 Å². The first kappa shape index (κ1) is 15.2. The van der Waals surface area contributed by atoms with Crippen LogP contribution in [0.1, 0.15) is 67.4 Å². The summed E-state index contributed by atoms with van der Waals surface area (Å²) >= 11 is 0. The monoisotopic (exact) mass is 273 g/mol. The molecule has 0 aliphatic heterocycles. The van der Waals surface area contributed by atoms with E-state index in [1.54, 1.807) is 0 Å². The third-order valence-electron chi connectivity index (χ3n) is 4.23. The maximum atomic E-state index is 12.4. The van der Waals surface area contributed by atoms with Gasteiger partial charge in [0.25, 0.3) is 0 Å². The summed E-state index contributed by atoms with van der Waals surface area (Å²) in [6.45, 7) is 5.41. The number of carbonyl (C=O) groups is 1. The highest BCUT2D eigenvalue weighted by Crippen LogP contribution is 2.26. The zero-order valence-corrected chi connectivity index (χ0v) is 12.9. The molecule has 1 N–H and O–H groups in total. The molecule has 0 fully saturated rings. The molecular formula is C18H27NO. The molecule has 0 spiro atoms. The maximum absolute atomic E-state index is 12.4. The van der Waals surface area contributed by atoms with Gasteiger partial charge >= 0.3 is 0 Å². The van der Waals surface area contributed by atoms with Crippen LogP contribution in [-0.4, -0.2) is 18.4 Å². The molecule has 0 saturated carbocycles. The van der Waals surface area contributed by atoms with E-state index in [4.69, 9.17) is 0 Å². The topological polar surface area (TPSA) is 29.1 Å². The first-order valence-corrected chi connectivity index (χ1v) is 8.13. The summed E-state index contributed by atoms with van der Waals surface area (Å²) < 4.78 is 0. The van der Waals surface area contributed by atoms with Crippen molar-refractivity contribution in [1.82, 2.24) is 5.32 Å². The lowest BCUT2D eigenvalue weighted by Gasteiger charge is -2.27. The molecule has 2 heteroatoms. The molecule has 110 valence electrons. The third-order valence-corrected chi connectivity index (χ3v) is 4.23. The van der Waals surface area contributed by atoms with Crippen LogP contribution in [0.25, 0.3) is 0 Å². The maximum Gasteiger partial charge on any atom is 0.163 e. The average molecular weight is 273 g/mol. The number of fused-ring (bicyclic) bond motifs is 1. The molecule has 1 aliphatic carbocycles. The highest BCUT2D eigenvalue weighted by molar-refractivity contribution is 5.97. The van der Waals surface area contributed by atoms with Crippen LogP contribution < -0.4 is 5.32 Å². The number of rotatable bonds is 7. The highest BCUT2D eigenvalue weighted by Gasteiger charge is 2.22. The quantitative estimate of drug-likeness (QED) is 0.763. The normalized spacial score (nSPS) is 17.8. The summed E-state index contributed by atoms with van der Waals surface area (Å²) in [5, 5.41) is 3.61. The first-order chi connectivity index (χ1) is 9.76. The molecule has 1 aromatic rings. The highest BCUT2D eigenvalue weighted by atomic mass is 16.1. The van der Waals surface area contributed by atoms with Crippen LogP contribution in [0.5, 0.6) is 0 Å². The van der Waals surface area contributed by atoms with Gasteiger partial charge in [-0.25, -0.2) is 0 Å². The molecule has 0 amide bonds. The number of unbranched alkanes of at least 4 members (excludes halogenated alkanes) is 1. The van der Waals surface area contributed by atoms with Crippen LogP contribution in [-0.2, 0) is 12.8 Å². The largest absolute Gasteiger partial charge is 0.314 e. The smallest absolute Gasteiger partial charge is 0.163 e. The van der Waals surface area contributed by atoms with E-state index in [9.17, 15) is 4.79 Å². The van der Waals surface area contributed by atoms with E-state index in [1.165, 1.54) is 24.0 Å². The van der Waals surface area contributed by atoms with Gasteiger partial charge in [-0.15, -0.1) is 0 Å². The van der Waals surface area contributed by atoms with Crippen LogP contribution >= 0.6 is 0 Å². The Kier molecular flexibility index (Phi) is 5.78. The zero-order chi connectivity index (χ0) is 14.4. The second kappa shape index (κ2) is 7.58. The Bertz CT molecular complexity index is 453. The van der Waals surface area contributed by atoms with Gasteiger partial charge in [-0.1, -0.05) is 38.5 Å². The van der Waals surface area contributed by atoms with E-state index in [0.29, 0.717) is 18.2 Å². The lowest BCUT2D eigenvalue weighted by Crippen LogP contribution is -2.35. The number of aryl methyl sites for hydroxylation is 1. The van der Waals surface area contributed by atoms with Gasteiger partial charge < -0.3 is 5.32 Å². The zero-order valence-electron chi connectivity index (χ0n) is 12.9. The van der Waals surface area contributed by atoms with Crippen molar-refractivity contribution < 1.29 is 4.79 Å². The van der Waals surface area contributed by atoms with Crippen molar-refractivity contribution in [2.75, 3.05) is 6.54 Å². The van der Waals surface area contributed by atoms with E-state index in [1.807, 2.05) is 6.07 Å². The number of ketones is 1. The summed E-state index contributed by atoms with van der Waals surface area (Å²) in [6, 6.07) is 6.82. The summed E-state index contributed by atoms with van der Waals surface area (Å²) in [5.41, 5.74) is 3.69. The summed E-state index contributed by atoms with van der Waals surface area (Å²) in [7, 11) is 0. The standard InChI is InChI=1S/C18H27NO/c1-3-5-9-18(20)16-8-6-7-14-10-11-15(13-17(14)16)19-12-4-2/h6-8,15,19H,3-5,9-13H2,1-2H3. The van der Waals surface area contributed by atoms with Gasteiger partial charge in [0.05, 0.1) is 0 Å². The van der Waals surface area contributed by atoms with Gasteiger partial charge in [0.15, 0.2) is 5.78 Å². The molecular weight excluding hydrogens is 246 g/mol. The predicted octanol–water partition coefficient (Wildman–Crippen LogP) is 3.92. The van der Waals surface area contributed by atoms with Crippen LogP contribution in [0.15, 0.2) is 18.2 Å². The fourth-order valence-electron chi connectivity index (χ4n) is 3.04. The van der Waals surface area contributed by atoms with Gasteiger partial charge in [-0.3, -0.25) is 4.79 Å². The van der Waals surface area contributed by atoms with Crippen molar-refractivity contribution in [3.63, 3.8) is 0 Å². The Morgan fingerprint density at radius 3 is 2.90 bits per heavy atom. The minimum Gasteiger partial charge on any atom is -0.314 e. The Balaban J connectivity index is 2.13. The fraction of sp³-hybridized carbons (Fsp3) is 0.611. The summed E-state index contributed by atoms with van der Waals surface area (Å²) in [6.07, 6.45) is 7.26. The van der Waals surface area contributed by atoms with Gasteiger partial charge in [0.2, 0.25) is 0 Å². The second-order valence-electron chi connectivity index (χ2n) is 5.86. The lowest BCUT2D eigenvalue weighted by molar-refractivity contribution is 0.0978. The fourth-order valence-corrected chi connectivity index (χ4v) is 3.04. The molecule has 2 nitrogen and oxygen atoms in total. The Morgan fingerprint density at radius 2 is 2.15 bits per heavy atom. The van der Waals surface area contributed by atoms with Gasteiger partial charge in [0.1, 0.15) is 0 Å². The second-order valence-corrected chi connectivity index (χ2v) is 5.86. The third kappa shape index (κ3) is 3.69. The molecule has 1 atom stereocenters. The number of nitrogens with one attached hydrogen (secondary N) is 1. The van der Waals surface area contributed by atoms with E-state index in [0.717, 1.165) is 37.8 Å². The Hall–Kier alpha value is -1.15. The van der Waals surface area contributed by atoms with E-state index in [2.05, 4.69) is 31.3 Å². The number of Topliss-reactive ketones (excluding diaryl/α,β-unsaturated/α-hetero) is 1. The number of hydrogen-bond acceptors (Lipinski definition) is 2. The molecule has 20 heavy (non-hydrogen) atoms. The van der Waals surface area contributed by atoms with Crippen molar-refractivity contribution in [2.24, 2.45) is 0 Å². The molecule has 0 aromatic heterocycles. The van der Waals surface area contributed by atoms with Gasteiger partial charge in [-0.05, 0) is 49.8 Å². The minimum atomic E-state index is 0.333. The molecule has 0 bridgehead atoms. The van der Waals surface area contributed by atoms with Crippen LogP contribution in [0.3, 0.4) is 0 Å². The SMILES string of the molecule is CCCCC(=O)c1cccc2c1CC(NCCC)CC2. The molecule has 1 aliphatic rings. The lowest BCUT2D eigenvalue weighted by atomic mass is 9.83.